The highest BCUT2D eigenvalue weighted by Gasteiger charge is 2.36. The molecule has 0 radical (unpaired) electrons. The first-order chi connectivity index (χ1) is 17.5. The topological polar surface area (TPSA) is 68.5 Å². The Bertz CT molecular complexity index is 1240. The highest BCUT2D eigenvalue weighted by atomic mass is 19.1. The van der Waals surface area contributed by atoms with Gasteiger partial charge in [-0.25, -0.2) is 4.39 Å². The van der Waals surface area contributed by atoms with Gasteiger partial charge in [0.1, 0.15) is 0 Å². The van der Waals surface area contributed by atoms with E-state index >= 15 is 4.39 Å². The molecule has 1 aromatic heterocycles. The fourth-order valence-corrected chi connectivity index (χ4v) is 4.73. The van der Waals surface area contributed by atoms with Crippen LogP contribution >= 0.6 is 0 Å². The molecule has 6 nitrogen and oxygen atoms in total. The molecule has 1 aliphatic heterocycles. The normalized spacial score (nSPS) is 20.8. The van der Waals surface area contributed by atoms with Crippen LogP contribution < -0.4 is 0 Å². The Morgan fingerprint density at radius 1 is 1.11 bits per heavy atom. The molecule has 0 amide bonds. The fraction of sp³-hybridized carbons (Fsp3) is 0.345. The van der Waals surface area contributed by atoms with Gasteiger partial charge in [0.2, 0.25) is 11.5 Å². The van der Waals surface area contributed by atoms with Gasteiger partial charge in [0.05, 0.1) is 12.5 Å². The molecule has 1 saturated heterocycles. The molecule has 3 aromatic rings. The van der Waals surface area contributed by atoms with Crippen LogP contribution in [0.5, 0.6) is 0 Å². The number of halogens is 1. The number of ether oxygens (including phenoxy) is 1. The minimum atomic E-state index is -1.82. The lowest BCUT2D eigenvalue weighted by Gasteiger charge is -2.30. The van der Waals surface area contributed by atoms with Gasteiger partial charge in [-0.2, -0.15) is 4.98 Å². The van der Waals surface area contributed by atoms with Crippen molar-refractivity contribution >= 4 is 11.5 Å². The van der Waals surface area contributed by atoms with Gasteiger partial charge in [-0.3, -0.25) is 9.69 Å². The SMILES string of the molecule is CCOC(=O)C1CCN(Cc2ccc(-c3noc(C4(F)C=CC(c5ccccc5)=CC4)n3)cc2)CC1. The zero-order valence-electron chi connectivity index (χ0n) is 20.4. The van der Waals surface area contributed by atoms with Gasteiger partial charge in [-0.05, 0) is 55.6 Å². The highest BCUT2D eigenvalue weighted by molar-refractivity contribution is 5.75. The van der Waals surface area contributed by atoms with E-state index in [1.807, 2.05) is 67.6 Å². The molecule has 0 spiro atoms. The van der Waals surface area contributed by atoms with Crippen LogP contribution in [0.2, 0.25) is 0 Å². The Morgan fingerprint density at radius 2 is 1.86 bits per heavy atom. The maximum absolute atomic E-state index is 15.6. The Labute approximate surface area is 210 Å². The summed E-state index contributed by atoms with van der Waals surface area (Å²) >= 11 is 0. The lowest BCUT2D eigenvalue weighted by atomic mass is 9.91. The van der Waals surface area contributed by atoms with Crippen LogP contribution in [0.25, 0.3) is 17.0 Å². The van der Waals surface area contributed by atoms with Crippen molar-refractivity contribution in [1.29, 1.82) is 0 Å². The third-order valence-corrected chi connectivity index (χ3v) is 6.86. The van der Waals surface area contributed by atoms with Crippen molar-refractivity contribution in [3.05, 3.63) is 89.8 Å². The van der Waals surface area contributed by atoms with Crippen LogP contribution in [0, 0.1) is 5.92 Å². The molecule has 7 heteroatoms. The molecule has 0 saturated carbocycles. The van der Waals surface area contributed by atoms with Crippen LogP contribution in [-0.4, -0.2) is 40.7 Å². The average Bonchev–Trinajstić information content (AvgIpc) is 3.42. The Hall–Kier alpha value is -3.58. The number of carbonyl (C=O) groups is 1. The second-order valence-corrected chi connectivity index (χ2v) is 9.35. The molecule has 36 heavy (non-hydrogen) atoms. The maximum atomic E-state index is 15.6. The van der Waals surface area contributed by atoms with Gasteiger partial charge in [0.15, 0.2) is 0 Å². The number of benzene rings is 2. The minimum absolute atomic E-state index is 0.00855. The molecular formula is C29H30FN3O3. The lowest BCUT2D eigenvalue weighted by molar-refractivity contribution is -0.149. The van der Waals surface area contributed by atoms with E-state index in [0.29, 0.717) is 12.4 Å². The van der Waals surface area contributed by atoms with Crippen molar-refractivity contribution in [3.8, 4) is 11.4 Å². The molecule has 1 fully saturated rings. The van der Waals surface area contributed by atoms with Gasteiger partial charge in [-0.15, -0.1) is 0 Å². The number of hydrogen-bond acceptors (Lipinski definition) is 6. The Kier molecular flexibility index (Phi) is 7.09. The van der Waals surface area contributed by atoms with Crippen LogP contribution in [0.1, 0.15) is 43.2 Å². The molecule has 1 atom stereocenters. The zero-order valence-corrected chi connectivity index (χ0v) is 20.4. The largest absolute Gasteiger partial charge is 0.466 e. The van der Waals surface area contributed by atoms with Gasteiger partial charge in [0.25, 0.3) is 5.89 Å². The first-order valence-electron chi connectivity index (χ1n) is 12.5. The van der Waals surface area contributed by atoms with Crippen LogP contribution in [0.15, 0.2) is 77.3 Å². The molecule has 186 valence electrons. The van der Waals surface area contributed by atoms with E-state index in [1.54, 1.807) is 6.08 Å². The number of piperidine rings is 1. The van der Waals surface area contributed by atoms with E-state index < -0.39 is 5.67 Å². The number of carbonyl (C=O) groups excluding carboxylic acids is 1. The number of likely N-dealkylation sites (tertiary alicyclic amines) is 1. The molecule has 2 aromatic carbocycles. The number of aromatic nitrogens is 2. The summed E-state index contributed by atoms with van der Waals surface area (Å²) in [5, 5.41) is 4.03. The summed E-state index contributed by atoms with van der Waals surface area (Å²) < 4.78 is 26.1. The van der Waals surface area contributed by atoms with E-state index in [2.05, 4.69) is 15.0 Å². The van der Waals surface area contributed by atoms with Crippen molar-refractivity contribution in [2.75, 3.05) is 19.7 Å². The standard InChI is InChI=1S/C29H30FN3O3/c1-2-35-27(34)25-14-18-33(19-15-25)20-21-8-10-24(11-9-21)26-31-28(36-32-26)29(30)16-12-23(13-17-29)22-6-4-3-5-7-22/h3-13,16,25H,2,14-15,17-20H2,1H3. The number of hydrogen-bond donors (Lipinski definition) is 0. The lowest BCUT2D eigenvalue weighted by Crippen LogP contribution is -2.36. The number of esters is 1. The second-order valence-electron chi connectivity index (χ2n) is 9.35. The summed E-state index contributed by atoms with van der Waals surface area (Å²) in [5.41, 5.74) is 2.14. The molecule has 1 aliphatic carbocycles. The van der Waals surface area contributed by atoms with Crippen LogP contribution in [-0.2, 0) is 21.7 Å². The van der Waals surface area contributed by atoms with Crippen molar-refractivity contribution in [2.45, 2.75) is 38.4 Å². The summed E-state index contributed by atoms with van der Waals surface area (Å²) in [6, 6.07) is 17.8. The van der Waals surface area contributed by atoms with Crippen molar-refractivity contribution < 1.29 is 18.4 Å². The summed E-state index contributed by atoms with van der Waals surface area (Å²) in [6.07, 6.45) is 6.92. The molecule has 2 heterocycles. The predicted octanol–water partition coefficient (Wildman–Crippen LogP) is 5.72. The van der Waals surface area contributed by atoms with Gasteiger partial charge < -0.3 is 9.26 Å². The Balaban J connectivity index is 1.19. The third kappa shape index (κ3) is 5.31. The second kappa shape index (κ2) is 10.6. The first kappa shape index (κ1) is 24.1. The summed E-state index contributed by atoms with van der Waals surface area (Å²) in [6.45, 7) is 4.82. The van der Waals surface area contributed by atoms with Crippen LogP contribution in [0.4, 0.5) is 4.39 Å². The van der Waals surface area contributed by atoms with Crippen molar-refractivity contribution in [2.24, 2.45) is 5.92 Å². The summed E-state index contributed by atoms with van der Waals surface area (Å²) in [5.74, 6) is 0.266. The average molecular weight is 488 g/mol. The van der Waals surface area contributed by atoms with Gasteiger partial charge >= 0.3 is 5.97 Å². The smallest absolute Gasteiger partial charge is 0.309 e. The quantitative estimate of drug-likeness (QED) is 0.397. The van der Waals surface area contributed by atoms with E-state index in [4.69, 9.17) is 9.26 Å². The number of alkyl halides is 1. The molecule has 2 aliphatic rings. The fourth-order valence-electron chi connectivity index (χ4n) is 4.73. The van der Waals surface area contributed by atoms with Gasteiger partial charge in [-0.1, -0.05) is 71.9 Å². The number of rotatable bonds is 7. The predicted molar refractivity (Wildman–Crippen MR) is 135 cm³/mol. The molecule has 0 bridgehead atoms. The molecule has 1 unspecified atom stereocenters. The van der Waals surface area contributed by atoms with E-state index in [1.165, 1.54) is 6.08 Å². The third-order valence-electron chi connectivity index (χ3n) is 6.86. The summed E-state index contributed by atoms with van der Waals surface area (Å²) in [7, 11) is 0. The molecule has 0 N–H and O–H groups in total. The molecular weight excluding hydrogens is 457 g/mol. The van der Waals surface area contributed by atoms with Crippen molar-refractivity contribution in [3.63, 3.8) is 0 Å². The number of allylic oxidation sites excluding steroid dienone is 4. The summed E-state index contributed by atoms with van der Waals surface area (Å²) in [4.78, 5) is 18.7. The highest BCUT2D eigenvalue weighted by Crippen LogP contribution is 2.37. The monoisotopic (exact) mass is 487 g/mol. The minimum Gasteiger partial charge on any atom is -0.466 e. The maximum Gasteiger partial charge on any atom is 0.309 e. The van der Waals surface area contributed by atoms with E-state index in [-0.39, 0.29) is 24.2 Å². The number of nitrogens with zero attached hydrogens (tertiary/aromatic N) is 3. The van der Waals surface area contributed by atoms with E-state index in [9.17, 15) is 4.79 Å². The first-order valence-corrected chi connectivity index (χ1v) is 12.5. The Morgan fingerprint density at radius 3 is 2.53 bits per heavy atom. The van der Waals surface area contributed by atoms with E-state index in [0.717, 1.165) is 54.7 Å². The van der Waals surface area contributed by atoms with Crippen molar-refractivity contribution in [1.82, 2.24) is 15.0 Å². The molecule has 5 rings (SSSR count). The van der Waals surface area contributed by atoms with Crippen LogP contribution in [0.3, 0.4) is 0 Å². The van der Waals surface area contributed by atoms with Gasteiger partial charge in [0, 0.05) is 18.5 Å². The zero-order chi connectivity index (χ0) is 25.0.